The average molecular weight is 399 g/mol. The van der Waals surface area contributed by atoms with E-state index in [0.717, 1.165) is 32.1 Å². The molecule has 0 aromatic rings. The predicted molar refractivity (Wildman–Crippen MR) is 93.5 cm³/mol. The van der Waals surface area contributed by atoms with Gasteiger partial charge in [0.15, 0.2) is 0 Å². The van der Waals surface area contributed by atoms with Gasteiger partial charge in [-0.15, -0.1) is 0 Å². The number of aliphatic hydroxyl groups is 2. The van der Waals surface area contributed by atoms with Crippen LogP contribution in [0.1, 0.15) is 45.4 Å². The zero-order valence-corrected chi connectivity index (χ0v) is 15.7. The monoisotopic (exact) mass is 398 g/mol. The summed E-state index contributed by atoms with van der Waals surface area (Å²) in [5, 5.41) is 21.0. The van der Waals surface area contributed by atoms with Crippen molar-refractivity contribution < 1.29 is 19.7 Å². The summed E-state index contributed by atoms with van der Waals surface area (Å²) in [7, 11) is 0. The highest BCUT2D eigenvalue weighted by atomic mass is 79.9. The Morgan fingerprint density at radius 2 is 2.08 bits per heavy atom. The van der Waals surface area contributed by atoms with E-state index in [1.165, 1.54) is 5.57 Å². The summed E-state index contributed by atoms with van der Waals surface area (Å²) >= 11 is 3.71. The molecule has 0 heterocycles. The van der Waals surface area contributed by atoms with Crippen molar-refractivity contribution in [3.63, 3.8) is 0 Å². The normalized spacial score (nSPS) is 53.4. The Balaban J connectivity index is 1.65. The standard InChI is InChI=1S/C19H27BrO4/c1-19-5-4-11(22)6-10(19)7-16(23)17-13-8-15(20)18(24-9-21)12(13)2-3-14(17)19/h6,9,11-18,22-23H,2-5,7-8H2,1H3/t11-,12-,13?,14?,15+,16-,17?,18+,19-/m0/s1. The van der Waals surface area contributed by atoms with E-state index >= 15 is 0 Å². The van der Waals surface area contributed by atoms with Crippen LogP contribution >= 0.6 is 15.9 Å². The lowest BCUT2D eigenvalue weighted by Gasteiger charge is -2.57. The van der Waals surface area contributed by atoms with Gasteiger partial charge >= 0.3 is 0 Å². The number of carbonyl (C=O) groups excluding carboxylic acids is 1. The maximum Gasteiger partial charge on any atom is 0.293 e. The summed E-state index contributed by atoms with van der Waals surface area (Å²) < 4.78 is 5.39. The van der Waals surface area contributed by atoms with E-state index in [2.05, 4.69) is 22.9 Å². The first-order valence-corrected chi connectivity index (χ1v) is 10.2. The van der Waals surface area contributed by atoms with E-state index < -0.39 is 0 Å². The van der Waals surface area contributed by atoms with Crippen molar-refractivity contribution in [2.24, 2.45) is 29.1 Å². The first-order chi connectivity index (χ1) is 11.5. The maximum absolute atomic E-state index is 10.9. The smallest absolute Gasteiger partial charge is 0.293 e. The second kappa shape index (κ2) is 6.10. The van der Waals surface area contributed by atoms with E-state index in [4.69, 9.17) is 4.74 Å². The van der Waals surface area contributed by atoms with Crippen molar-refractivity contribution in [3.8, 4) is 0 Å². The van der Waals surface area contributed by atoms with Crippen molar-refractivity contribution in [1.82, 2.24) is 0 Å². The van der Waals surface area contributed by atoms with Crippen LogP contribution in [0.3, 0.4) is 0 Å². The predicted octanol–water partition coefficient (Wildman–Crippen LogP) is 2.81. The summed E-state index contributed by atoms with van der Waals surface area (Å²) in [6.45, 7) is 2.92. The van der Waals surface area contributed by atoms with Gasteiger partial charge in [-0.1, -0.05) is 34.5 Å². The van der Waals surface area contributed by atoms with Gasteiger partial charge in [0.05, 0.1) is 17.0 Å². The molecule has 24 heavy (non-hydrogen) atoms. The fourth-order valence-corrected chi connectivity index (χ4v) is 7.46. The number of aliphatic hydroxyl groups excluding tert-OH is 2. The third-order valence-corrected chi connectivity index (χ3v) is 8.48. The van der Waals surface area contributed by atoms with Gasteiger partial charge in [-0.3, -0.25) is 4.79 Å². The molecular weight excluding hydrogens is 372 g/mol. The summed E-state index contributed by atoms with van der Waals surface area (Å²) in [5.74, 6) is 1.52. The van der Waals surface area contributed by atoms with Crippen LogP contribution in [0.5, 0.6) is 0 Å². The van der Waals surface area contributed by atoms with E-state index in [9.17, 15) is 15.0 Å². The minimum Gasteiger partial charge on any atom is -0.463 e. The lowest BCUT2D eigenvalue weighted by Crippen LogP contribution is -2.53. The Hall–Kier alpha value is -0.390. The van der Waals surface area contributed by atoms with Gasteiger partial charge in [-0.25, -0.2) is 0 Å². The molecule has 4 rings (SSSR count). The Kier molecular flexibility index (Phi) is 4.33. The van der Waals surface area contributed by atoms with E-state index in [-0.39, 0.29) is 34.5 Å². The van der Waals surface area contributed by atoms with Crippen LogP contribution in [0.15, 0.2) is 11.6 Å². The Morgan fingerprint density at radius 3 is 2.83 bits per heavy atom. The molecule has 0 amide bonds. The van der Waals surface area contributed by atoms with E-state index in [1.54, 1.807) is 0 Å². The molecule has 0 aliphatic heterocycles. The second-order valence-electron chi connectivity index (χ2n) is 8.52. The molecule has 3 saturated carbocycles. The van der Waals surface area contributed by atoms with Crippen LogP contribution in [0, 0.1) is 29.1 Å². The molecular formula is C19H27BrO4. The highest BCUT2D eigenvalue weighted by Gasteiger charge is 2.59. The molecule has 0 bridgehead atoms. The molecule has 0 saturated heterocycles. The van der Waals surface area contributed by atoms with Crippen LogP contribution in [0.25, 0.3) is 0 Å². The summed E-state index contributed by atoms with van der Waals surface area (Å²) in [4.78, 5) is 11.1. The summed E-state index contributed by atoms with van der Waals surface area (Å²) in [6, 6.07) is 0. The van der Waals surface area contributed by atoms with E-state index in [1.807, 2.05) is 6.08 Å². The van der Waals surface area contributed by atoms with Gasteiger partial charge in [0.2, 0.25) is 0 Å². The van der Waals surface area contributed by atoms with Crippen molar-refractivity contribution in [1.29, 1.82) is 0 Å². The van der Waals surface area contributed by atoms with Crippen molar-refractivity contribution >= 4 is 22.4 Å². The number of rotatable bonds is 2. The zero-order chi connectivity index (χ0) is 17.1. The number of ether oxygens (including phenoxy) is 1. The SMILES string of the molecule is C[C@]12CC[C@H](O)C=C1C[C@H](O)C1C3C[C@@H](Br)[C@H](OC=O)[C@H]3CCC12. The molecule has 3 unspecified atom stereocenters. The number of alkyl halides is 1. The maximum atomic E-state index is 10.9. The molecule has 0 spiro atoms. The second-order valence-corrected chi connectivity index (χ2v) is 9.70. The van der Waals surface area contributed by atoms with Gasteiger partial charge < -0.3 is 14.9 Å². The molecule has 0 aromatic carbocycles. The third-order valence-electron chi connectivity index (χ3n) is 7.59. The summed E-state index contributed by atoms with van der Waals surface area (Å²) in [5.41, 5.74) is 1.38. The van der Waals surface area contributed by atoms with Crippen LogP contribution in [0.4, 0.5) is 0 Å². The first kappa shape index (κ1) is 17.0. The van der Waals surface area contributed by atoms with Gasteiger partial charge in [0.25, 0.3) is 6.47 Å². The Bertz CT molecular complexity index is 549. The molecule has 134 valence electrons. The highest BCUT2D eigenvalue weighted by molar-refractivity contribution is 9.09. The number of halogens is 1. The molecule has 5 heteroatoms. The lowest BCUT2D eigenvalue weighted by molar-refractivity contribution is -0.138. The highest BCUT2D eigenvalue weighted by Crippen LogP contribution is 2.62. The van der Waals surface area contributed by atoms with Crippen LogP contribution in [0.2, 0.25) is 0 Å². The number of hydrogen-bond acceptors (Lipinski definition) is 4. The fraction of sp³-hybridized carbons (Fsp3) is 0.842. The quantitative estimate of drug-likeness (QED) is 0.426. The Morgan fingerprint density at radius 1 is 1.29 bits per heavy atom. The Labute approximate surface area is 151 Å². The molecule has 3 fully saturated rings. The van der Waals surface area contributed by atoms with Gasteiger partial charge in [0, 0.05) is 5.92 Å². The van der Waals surface area contributed by atoms with E-state index in [0.29, 0.717) is 30.6 Å². The average Bonchev–Trinajstić information content (AvgIpc) is 2.86. The van der Waals surface area contributed by atoms with Crippen LogP contribution < -0.4 is 0 Å². The molecule has 4 aliphatic rings. The third kappa shape index (κ3) is 2.42. The molecule has 4 nitrogen and oxygen atoms in total. The summed E-state index contributed by atoms with van der Waals surface area (Å²) in [6.07, 6.45) is 6.88. The molecule has 0 radical (unpaired) electrons. The van der Waals surface area contributed by atoms with Gasteiger partial charge in [0.1, 0.15) is 6.10 Å². The lowest BCUT2D eigenvalue weighted by atomic mass is 9.49. The number of hydrogen-bond donors (Lipinski definition) is 2. The molecule has 9 atom stereocenters. The molecule has 2 N–H and O–H groups in total. The fourth-order valence-electron chi connectivity index (χ4n) is 6.51. The molecule has 0 aromatic heterocycles. The minimum absolute atomic E-state index is 0.0569. The number of carbonyl (C=O) groups is 1. The van der Waals surface area contributed by atoms with Gasteiger partial charge in [-0.2, -0.15) is 0 Å². The first-order valence-electron chi connectivity index (χ1n) is 9.26. The van der Waals surface area contributed by atoms with Crippen molar-refractivity contribution in [2.45, 2.75) is 68.6 Å². The minimum atomic E-state index is -0.350. The topological polar surface area (TPSA) is 66.8 Å². The van der Waals surface area contributed by atoms with Gasteiger partial charge in [-0.05, 0) is 61.7 Å². The van der Waals surface area contributed by atoms with Crippen molar-refractivity contribution in [2.75, 3.05) is 0 Å². The molecule has 4 aliphatic carbocycles. The number of fused-ring (bicyclic) bond motifs is 5. The largest absolute Gasteiger partial charge is 0.463 e. The zero-order valence-electron chi connectivity index (χ0n) is 14.1. The van der Waals surface area contributed by atoms with Crippen LogP contribution in [-0.4, -0.2) is 39.8 Å². The van der Waals surface area contributed by atoms with Crippen molar-refractivity contribution in [3.05, 3.63) is 11.6 Å². The van der Waals surface area contributed by atoms with Crippen LogP contribution in [-0.2, 0) is 9.53 Å².